The summed E-state index contributed by atoms with van der Waals surface area (Å²) in [6, 6.07) is 11.5. The number of hydrogen-bond acceptors (Lipinski definition) is 7. The number of carbonyl (C=O) groups excluding carboxylic acids is 3. The SMILES string of the molecule is COc1cc2cc(c1OC)CCCNC(=O)CCC[C@H]1[C@H]3C[C@@H](CN(C(=O)c4ccccc4-n4cncn4)C3)CN1C(=O)CC2. The highest BCUT2D eigenvalue weighted by Gasteiger charge is 2.43. The lowest BCUT2D eigenvalue weighted by Gasteiger charge is -2.51. The number of likely N-dealkylation sites (tertiary alicyclic amines) is 1. The van der Waals surface area contributed by atoms with Gasteiger partial charge < -0.3 is 24.6 Å². The van der Waals surface area contributed by atoms with Crippen LogP contribution in [0.5, 0.6) is 11.5 Å². The molecule has 6 rings (SSSR count). The Hall–Kier alpha value is -4.41. The van der Waals surface area contributed by atoms with E-state index in [4.69, 9.17) is 9.47 Å². The molecule has 3 aliphatic rings. The summed E-state index contributed by atoms with van der Waals surface area (Å²) >= 11 is 0. The van der Waals surface area contributed by atoms with Crippen LogP contribution >= 0.6 is 0 Å². The van der Waals surface area contributed by atoms with Gasteiger partial charge in [-0.25, -0.2) is 9.67 Å². The number of aromatic nitrogens is 3. The number of aryl methyl sites for hydroxylation is 2. The minimum atomic E-state index is -0.0348. The second-order valence-electron chi connectivity index (χ2n) is 12.4. The maximum Gasteiger partial charge on any atom is 0.256 e. The minimum absolute atomic E-state index is 0.0251. The molecule has 3 aliphatic heterocycles. The lowest BCUT2D eigenvalue weighted by Crippen LogP contribution is -2.60. The Morgan fingerprint density at radius 3 is 2.64 bits per heavy atom. The van der Waals surface area contributed by atoms with E-state index in [2.05, 4.69) is 26.4 Å². The van der Waals surface area contributed by atoms with Crippen LogP contribution in [0.25, 0.3) is 5.69 Å². The van der Waals surface area contributed by atoms with Gasteiger partial charge in [-0.15, -0.1) is 0 Å². The van der Waals surface area contributed by atoms with Crippen molar-refractivity contribution >= 4 is 17.7 Å². The van der Waals surface area contributed by atoms with Gasteiger partial charge >= 0.3 is 0 Å². The van der Waals surface area contributed by atoms with E-state index in [0.29, 0.717) is 74.6 Å². The number of carbonyl (C=O) groups is 3. The third-order valence-electron chi connectivity index (χ3n) is 9.47. The number of piperidine rings is 2. The first-order chi connectivity index (χ1) is 21.9. The van der Waals surface area contributed by atoms with Crippen LogP contribution in [0, 0.1) is 11.8 Å². The standard InChI is InChI=1S/C34H42N6O5/c1-44-30-17-23-12-13-32(42)39-19-24-16-26(28(39)10-5-11-31(41)36-14-6-7-25(15-23)33(30)45-2)20-38(18-24)34(43)27-8-3-4-9-29(27)40-22-35-21-37-40/h3-4,8-9,15,17,21-22,24,26,28H,5-7,10-14,16,18-20H2,1-2H3,(H,36,41)/t24-,26-,28-/m0/s1. The molecule has 0 unspecified atom stereocenters. The van der Waals surface area contributed by atoms with Gasteiger partial charge in [0.2, 0.25) is 11.8 Å². The van der Waals surface area contributed by atoms with Crippen LogP contribution in [0.4, 0.5) is 0 Å². The van der Waals surface area contributed by atoms with E-state index in [0.717, 1.165) is 36.8 Å². The van der Waals surface area contributed by atoms with Gasteiger partial charge in [-0.1, -0.05) is 18.2 Å². The lowest BCUT2D eigenvalue weighted by atomic mass is 9.77. The van der Waals surface area contributed by atoms with E-state index in [-0.39, 0.29) is 35.6 Å². The van der Waals surface area contributed by atoms with Crippen LogP contribution in [-0.2, 0) is 22.4 Å². The molecule has 2 saturated heterocycles. The van der Waals surface area contributed by atoms with Crippen LogP contribution in [0.1, 0.15) is 60.0 Å². The summed E-state index contributed by atoms with van der Waals surface area (Å²) in [4.78, 5) is 48.7. The van der Waals surface area contributed by atoms with Crippen LogP contribution in [0.2, 0.25) is 0 Å². The van der Waals surface area contributed by atoms with Crippen molar-refractivity contribution in [1.82, 2.24) is 29.9 Å². The van der Waals surface area contributed by atoms with E-state index in [1.54, 1.807) is 25.2 Å². The van der Waals surface area contributed by atoms with Gasteiger partial charge in [0, 0.05) is 45.1 Å². The third kappa shape index (κ3) is 6.67. The fourth-order valence-electron chi connectivity index (χ4n) is 7.43. The Kier molecular flexibility index (Phi) is 9.32. The summed E-state index contributed by atoms with van der Waals surface area (Å²) in [5, 5.41) is 7.31. The summed E-state index contributed by atoms with van der Waals surface area (Å²) in [6.45, 7) is 2.36. The Balaban J connectivity index is 1.23. The molecule has 2 aromatic carbocycles. The summed E-state index contributed by atoms with van der Waals surface area (Å²) in [5.74, 6) is 1.80. The molecule has 238 valence electrons. The minimum Gasteiger partial charge on any atom is -0.493 e. The highest BCUT2D eigenvalue weighted by molar-refractivity contribution is 5.97. The van der Waals surface area contributed by atoms with Crippen molar-refractivity contribution in [1.29, 1.82) is 0 Å². The molecule has 3 amide bonds. The number of fused-ring (bicyclic) bond motifs is 6. The number of benzene rings is 2. The molecule has 0 aliphatic carbocycles. The average Bonchev–Trinajstić information content (AvgIpc) is 3.60. The molecule has 45 heavy (non-hydrogen) atoms. The topological polar surface area (TPSA) is 119 Å². The molecule has 4 heterocycles. The zero-order valence-corrected chi connectivity index (χ0v) is 26.1. The van der Waals surface area contributed by atoms with Gasteiger partial charge in [0.15, 0.2) is 11.5 Å². The number of rotatable bonds is 4. The predicted molar refractivity (Wildman–Crippen MR) is 167 cm³/mol. The smallest absolute Gasteiger partial charge is 0.256 e. The number of ether oxygens (including phenoxy) is 2. The molecule has 2 fully saturated rings. The van der Waals surface area contributed by atoms with Gasteiger partial charge in [0.25, 0.3) is 5.91 Å². The maximum atomic E-state index is 13.9. The number of nitrogens with zero attached hydrogens (tertiary/aromatic N) is 5. The molecular weight excluding hydrogens is 572 g/mol. The van der Waals surface area contributed by atoms with Crippen LogP contribution < -0.4 is 14.8 Å². The summed E-state index contributed by atoms with van der Waals surface area (Å²) < 4.78 is 12.9. The molecule has 0 spiro atoms. The van der Waals surface area contributed by atoms with Crippen LogP contribution in [-0.4, -0.2) is 88.7 Å². The molecule has 11 heteroatoms. The molecule has 1 N–H and O–H groups in total. The van der Waals surface area contributed by atoms with E-state index in [1.807, 2.05) is 35.2 Å². The number of methoxy groups -OCH3 is 2. The number of hydrogen-bond donors (Lipinski definition) is 1. The second-order valence-corrected chi connectivity index (χ2v) is 12.4. The van der Waals surface area contributed by atoms with Crippen molar-refractivity contribution < 1.29 is 23.9 Å². The molecule has 0 radical (unpaired) electrons. The summed E-state index contributed by atoms with van der Waals surface area (Å²) in [6.07, 6.45) is 8.35. The molecular formula is C34H42N6O5. The van der Waals surface area contributed by atoms with Gasteiger partial charge in [0.05, 0.1) is 25.5 Å². The van der Waals surface area contributed by atoms with E-state index < -0.39 is 0 Å². The average molecular weight is 615 g/mol. The molecule has 0 saturated carbocycles. The van der Waals surface area contributed by atoms with Crippen LogP contribution in [0.15, 0.2) is 49.1 Å². The van der Waals surface area contributed by atoms with Gasteiger partial charge in [-0.3, -0.25) is 14.4 Å². The largest absolute Gasteiger partial charge is 0.493 e. The van der Waals surface area contributed by atoms with Crippen LogP contribution in [0.3, 0.4) is 0 Å². The quantitative estimate of drug-likeness (QED) is 0.478. The van der Waals surface area contributed by atoms with E-state index >= 15 is 0 Å². The van der Waals surface area contributed by atoms with Crippen molar-refractivity contribution in [2.75, 3.05) is 40.4 Å². The highest BCUT2D eigenvalue weighted by Crippen LogP contribution is 2.38. The first kappa shape index (κ1) is 30.6. The Labute approximate surface area is 263 Å². The monoisotopic (exact) mass is 614 g/mol. The zero-order valence-electron chi connectivity index (χ0n) is 26.1. The van der Waals surface area contributed by atoms with Crippen molar-refractivity contribution in [3.63, 3.8) is 0 Å². The fraction of sp³-hybridized carbons (Fsp3) is 0.500. The number of nitrogens with one attached hydrogen (secondary N) is 1. The zero-order chi connectivity index (χ0) is 31.3. The Morgan fingerprint density at radius 1 is 0.978 bits per heavy atom. The molecule has 3 aromatic rings. The maximum absolute atomic E-state index is 13.9. The van der Waals surface area contributed by atoms with Crippen molar-refractivity contribution in [2.24, 2.45) is 11.8 Å². The van der Waals surface area contributed by atoms with Gasteiger partial charge in [0.1, 0.15) is 12.7 Å². The van der Waals surface area contributed by atoms with Gasteiger partial charge in [-0.05, 0) is 79.7 Å². The molecule has 11 nitrogen and oxygen atoms in total. The first-order valence-electron chi connectivity index (χ1n) is 16.0. The lowest BCUT2D eigenvalue weighted by molar-refractivity contribution is -0.140. The normalized spacial score (nSPS) is 22.8. The first-order valence-corrected chi connectivity index (χ1v) is 16.0. The summed E-state index contributed by atoms with van der Waals surface area (Å²) in [7, 11) is 3.26. The van der Waals surface area contributed by atoms with Gasteiger partial charge in [-0.2, -0.15) is 5.10 Å². The number of para-hydroxylation sites is 1. The third-order valence-corrected chi connectivity index (χ3v) is 9.47. The van der Waals surface area contributed by atoms with E-state index in [9.17, 15) is 14.4 Å². The molecule has 3 atom stereocenters. The van der Waals surface area contributed by atoms with Crippen molar-refractivity contribution in [3.8, 4) is 17.2 Å². The Morgan fingerprint density at radius 2 is 1.84 bits per heavy atom. The highest BCUT2D eigenvalue weighted by atomic mass is 16.5. The number of amides is 3. The van der Waals surface area contributed by atoms with Crippen molar-refractivity contribution in [3.05, 3.63) is 65.7 Å². The summed E-state index contributed by atoms with van der Waals surface area (Å²) in [5.41, 5.74) is 3.33. The Bertz CT molecular complexity index is 1530. The van der Waals surface area contributed by atoms with E-state index in [1.165, 1.54) is 6.33 Å². The van der Waals surface area contributed by atoms with Crippen molar-refractivity contribution in [2.45, 2.75) is 57.4 Å². The molecule has 1 aromatic heterocycles. The molecule has 4 bridgehead atoms. The predicted octanol–water partition coefficient (Wildman–Crippen LogP) is 3.44. The fourth-order valence-corrected chi connectivity index (χ4v) is 7.43. The second kappa shape index (κ2) is 13.7.